The topological polar surface area (TPSA) is 77.6 Å². The van der Waals surface area contributed by atoms with Crippen LogP contribution in [0.4, 0.5) is 0 Å². The van der Waals surface area contributed by atoms with Crippen molar-refractivity contribution in [2.75, 3.05) is 6.54 Å². The number of aromatic nitrogens is 5. The Morgan fingerprint density at radius 2 is 2.00 bits per heavy atom. The van der Waals surface area contributed by atoms with E-state index in [1.54, 1.807) is 23.7 Å². The maximum atomic E-state index is 13.2. The van der Waals surface area contributed by atoms with E-state index in [4.69, 9.17) is 4.98 Å². The number of fused-ring (bicyclic) bond motifs is 1. The Kier molecular flexibility index (Phi) is 5.91. The molecule has 0 radical (unpaired) electrons. The molecule has 1 amide bonds. The molecule has 0 aromatic carbocycles. The minimum atomic E-state index is -0.103. The zero-order chi connectivity index (χ0) is 22.1. The van der Waals surface area contributed by atoms with Crippen LogP contribution in [0.3, 0.4) is 0 Å². The molecule has 162 valence electrons. The van der Waals surface area contributed by atoms with E-state index in [1.807, 2.05) is 27.7 Å². The highest BCUT2D eigenvalue weighted by Gasteiger charge is 2.20. The fraction of sp³-hybridized carbons (Fsp3) is 0.391. The minimum Gasteiger partial charge on any atom is -0.352 e. The van der Waals surface area contributed by atoms with Crippen LogP contribution in [0.25, 0.3) is 22.3 Å². The molecule has 1 unspecified atom stereocenters. The van der Waals surface area contributed by atoms with E-state index in [0.29, 0.717) is 12.1 Å². The first kappa shape index (κ1) is 21.2. The van der Waals surface area contributed by atoms with E-state index in [2.05, 4.69) is 56.2 Å². The molecule has 0 saturated carbocycles. The zero-order valence-electron chi connectivity index (χ0n) is 18.6. The molecule has 0 bridgehead atoms. The second-order valence-corrected chi connectivity index (χ2v) is 9.81. The number of nitrogens with one attached hydrogen (secondary N) is 1. The van der Waals surface area contributed by atoms with Crippen LogP contribution in [-0.4, -0.2) is 37.0 Å². The van der Waals surface area contributed by atoms with Gasteiger partial charge in [0.15, 0.2) is 5.65 Å². The summed E-state index contributed by atoms with van der Waals surface area (Å²) in [7, 11) is 0. The molecule has 1 N–H and O–H groups in total. The van der Waals surface area contributed by atoms with Gasteiger partial charge in [0.2, 0.25) is 0 Å². The average molecular weight is 437 g/mol. The van der Waals surface area contributed by atoms with Crippen LogP contribution in [0.2, 0.25) is 0 Å². The number of hydrogen-bond donors (Lipinski definition) is 1. The van der Waals surface area contributed by atoms with E-state index in [1.165, 1.54) is 9.75 Å². The molecular weight excluding hydrogens is 408 g/mol. The summed E-state index contributed by atoms with van der Waals surface area (Å²) in [6, 6.07) is 6.09. The highest BCUT2D eigenvalue weighted by Crippen LogP contribution is 2.32. The lowest BCUT2D eigenvalue weighted by atomic mass is 10.1. The highest BCUT2D eigenvalue weighted by molar-refractivity contribution is 7.12. The fourth-order valence-electron chi connectivity index (χ4n) is 3.76. The summed E-state index contributed by atoms with van der Waals surface area (Å²) in [6.45, 7) is 11.7. The number of amides is 1. The summed E-state index contributed by atoms with van der Waals surface area (Å²) in [4.78, 5) is 20.5. The number of carbonyl (C=O) groups excluding carboxylic acids is 1. The van der Waals surface area contributed by atoms with Crippen LogP contribution in [0.1, 0.15) is 46.9 Å². The van der Waals surface area contributed by atoms with Gasteiger partial charge in [-0.1, -0.05) is 6.92 Å². The van der Waals surface area contributed by atoms with Crippen molar-refractivity contribution in [1.29, 1.82) is 0 Å². The van der Waals surface area contributed by atoms with Crippen molar-refractivity contribution in [2.24, 2.45) is 5.92 Å². The molecule has 1 atom stereocenters. The van der Waals surface area contributed by atoms with Crippen LogP contribution in [0.5, 0.6) is 0 Å². The Morgan fingerprint density at radius 1 is 1.19 bits per heavy atom. The molecule has 8 heteroatoms. The fourth-order valence-corrected chi connectivity index (χ4v) is 4.69. The summed E-state index contributed by atoms with van der Waals surface area (Å²) in [5, 5.41) is 12.6. The van der Waals surface area contributed by atoms with Crippen LogP contribution < -0.4 is 5.32 Å². The highest BCUT2D eigenvalue weighted by atomic mass is 32.1. The van der Waals surface area contributed by atoms with E-state index in [9.17, 15) is 4.79 Å². The average Bonchev–Trinajstić information content (AvgIpc) is 3.45. The van der Waals surface area contributed by atoms with Crippen molar-refractivity contribution in [3.8, 4) is 11.3 Å². The second-order valence-electron chi connectivity index (χ2n) is 8.35. The quantitative estimate of drug-likeness (QED) is 0.459. The third-order valence-electron chi connectivity index (χ3n) is 5.29. The summed E-state index contributed by atoms with van der Waals surface area (Å²) in [5.41, 5.74) is 3.24. The van der Waals surface area contributed by atoms with E-state index >= 15 is 0 Å². The third-order valence-corrected chi connectivity index (χ3v) is 6.25. The van der Waals surface area contributed by atoms with Gasteiger partial charge in [-0.05, 0) is 51.8 Å². The first-order chi connectivity index (χ1) is 14.8. The number of aryl methyl sites for hydroxylation is 2. The predicted molar refractivity (Wildman–Crippen MR) is 124 cm³/mol. The smallest absolute Gasteiger partial charge is 0.252 e. The molecular formula is C23H28N6OS. The number of nitrogens with zero attached hydrogens (tertiary/aromatic N) is 5. The Morgan fingerprint density at radius 3 is 2.65 bits per heavy atom. The number of thiophene rings is 1. The molecule has 4 heterocycles. The normalized spacial score (nSPS) is 12.6. The van der Waals surface area contributed by atoms with Crippen LogP contribution in [-0.2, 0) is 6.54 Å². The van der Waals surface area contributed by atoms with Gasteiger partial charge >= 0.3 is 0 Å². The molecule has 0 saturated heterocycles. The van der Waals surface area contributed by atoms with Crippen molar-refractivity contribution >= 4 is 28.3 Å². The molecule has 4 rings (SSSR count). The molecule has 0 spiro atoms. The van der Waals surface area contributed by atoms with Gasteiger partial charge in [-0.2, -0.15) is 10.2 Å². The van der Waals surface area contributed by atoms with Gasteiger partial charge in [0.1, 0.15) is 0 Å². The van der Waals surface area contributed by atoms with Crippen molar-refractivity contribution in [3.05, 3.63) is 52.1 Å². The second kappa shape index (κ2) is 8.63. The maximum absolute atomic E-state index is 13.2. The van der Waals surface area contributed by atoms with Crippen molar-refractivity contribution in [1.82, 2.24) is 29.9 Å². The summed E-state index contributed by atoms with van der Waals surface area (Å²) < 4.78 is 3.76. The molecule has 0 aliphatic rings. The summed E-state index contributed by atoms with van der Waals surface area (Å²) in [6.07, 6.45) is 5.45. The Labute approximate surface area is 186 Å². The maximum Gasteiger partial charge on any atom is 0.252 e. The molecule has 4 aromatic heterocycles. The number of carbonyl (C=O) groups is 1. The first-order valence-electron chi connectivity index (χ1n) is 10.5. The van der Waals surface area contributed by atoms with Crippen molar-refractivity contribution < 1.29 is 4.79 Å². The summed E-state index contributed by atoms with van der Waals surface area (Å²) >= 11 is 1.74. The predicted octanol–water partition coefficient (Wildman–Crippen LogP) is 4.62. The van der Waals surface area contributed by atoms with Gasteiger partial charge in [-0.3, -0.25) is 9.48 Å². The monoisotopic (exact) mass is 436 g/mol. The third kappa shape index (κ3) is 4.39. The van der Waals surface area contributed by atoms with Gasteiger partial charge in [0, 0.05) is 46.8 Å². The van der Waals surface area contributed by atoms with Crippen LogP contribution >= 0.6 is 11.3 Å². The van der Waals surface area contributed by atoms with E-state index in [0.717, 1.165) is 28.8 Å². The zero-order valence-corrected chi connectivity index (χ0v) is 19.4. The number of rotatable bonds is 7. The molecule has 0 fully saturated rings. The lowest BCUT2D eigenvalue weighted by Gasteiger charge is -2.14. The van der Waals surface area contributed by atoms with Gasteiger partial charge in [-0.15, -0.1) is 11.3 Å². The van der Waals surface area contributed by atoms with Crippen LogP contribution in [0.15, 0.2) is 36.8 Å². The standard InChI is InChI=1S/C23H28N6OS/c1-14(2)29-22-20(12-26-29)19(10-21(27-22)18-9-16(4)31-17(18)5)23(30)24-11-15(3)13-28-8-6-7-25-28/h6-10,12,14-15H,11,13H2,1-5H3,(H,24,30). The van der Waals surface area contributed by atoms with Gasteiger partial charge < -0.3 is 5.32 Å². The molecule has 31 heavy (non-hydrogen) atoms. The molecule has 4 aromatic rings. The van der Waals surface area contributed by atoms with Crippen LogP contribution in [0, 0.1) is 19.8 Å². The number of pyridine rings is 1. The largest absolute Gasteiger partial charge is 0.352 e. The van der Waals surface area contributed by atoms with Crippen molar-refractivity contribution in [2.45, 2.75) is 47.2 Å². The van der Waals surface area contributed by atoms with Crippen molar-refractivity contribution in [3.63, 3.8) is 0 Å². The molecule has 0 aliphatic carbocycles. The van der Waals surface area contributed by atoms with Gasteiger partial charge in [-0.25, -0.2) is 9.67 Å². The van der Waals surface area contributed by atoms with Gasteiger partial charge in [0.25, 0.3) is 5.91 Å². The molecule has 0 aliphatic heterocycles. The SMILES string of the molecule is Cc1cc(-c2cc(C(=O)NCC(C)Cn3cccn3)c3cnn(C(C)C)c3n2)c(C)s1. The van der Waals surface area contributed by atoms with Gasteiger partial charge in [0.05, 0.1) is 22.8 Å². The Balaban J connectivity index is 1.66. The van der Waals surface area contributed by atoms with E-state index < -0.39 is 0 Å². The molecule has 7 nitrogen and oxygen atoms in total. The Bertz CT molecular complexity index is 1200. The number of hydrogen-bond acceptors (Lipinski definition) is 5. The lowest BCUT2D eigenvalue weighted by molar-refractivity contribution is 0.0948. The van der Waals surface area contributed by atoms with E-state index in [-0.39, 0.29) is 17.9 Å². The minimum absolute atomic E-state index is 0.103. The summed E-state index contributed by atoms with van der Waals surface area (Å²) in [5.74, 6) is 0.148. The Hall–Kier alpha value is -3.00. The lowest BCUT2D eigenvalue weighted by Crippen LogP contribution is -2.30. The first-order valence-corrected chi connectivity index (χ1v) is 11.4.